The van der Waals surface area contributed by atoms with Gasteiger partial charge in [0.25, 0.3) is 11.6 Å². The maximum atomic E-state index is 12.1. The topological polar surface area (TPSA) is 92.5 Å². The van der Waals surface area contributed by atoms with Crippen molar-refractivity contribution in [3.05, 3.63) is 38.9 Å². The first-order valence-electron chi connectivity index (χ1n) is 5.65. The molecular formula is C12H15ClN2O4. The number of aliphatic hydroxyl groups is 1. The average Bonchev–Trinajstić information content (AvgIpc) is 2.27. The number of nitrogens with one attached hydrogen (secondary N) is 1. The highest BCUT2D eigenvalue weighted by Gasteiger charge is 2.27. The minimum atomic E-state index is -0.682. The van der Waals surface area contributed by atoms with Crippen molar-refractivity contribution in [1.82, 2.24) is 5.32 Å². The Morgan fingerprint density at radius 2 is 2.16 bits per heavy atom. The smallest absolute Gasteiger partial charge is 0.283 e. The Hall–Kier alpha value is -1.66. The Bertz CT molecular complexity index is 503. The van der Waals surface area contributed by atoms with E-state index in [1.54, 1.807) is 13.8 Å². The van der Waals surface area contributed by atoms with E-state index < -0.39 is 16.4 Å². The molecule has 0 saturated carbocycles. The first kappa shape index (κ1) is 15.4. The minimum Gasteiger partial charge on any atom is -0.396 e. The van der Waals surface area contributed by atoms with Crippen LogP contribution in [0.2, 0.25) is 5.02 Å². The van der Waals surface area contributed by atoms with Crippen LogP contribution in [0.1, 0.15) is 30.6 Å². The predicted molar refractivity (Wildman–Crippen MR) is 71.4 cm³/mol. The SMILES string of the molecule is CC(C)(CCO)NC(=O)c1c(Cl)cccc1[N+](=O)[O-]. The number of nitrogens with zero attached hydrogens (tertiary/aromatic N) is 1. The largest absolute Gasteiger partial charge is 0.396 e. The van der Waals surface area contributed by atoms with E-state index in [0.29, 0.717) is 6.42 Å². The molecule has 0 fully saturated rings. The molecule has 6 nitrogen and oxygen atoms in total. The molecule has 104 valence electrons. The number of hydrogen-bond donors (Lipinski definition) is 2. The molecule has 0 saturated heterocycles. The molecule has 2 N–H and O–H groups in total. The van der Waals surface area contributed by atoms with Gasteiger partial charge in [0.2, 0.25) is 0 Å². The molecule has 0 aliphatic heterocycles. The Morgan fingerprint density at radius 3 is 2.68 bits per heavy atom. The lowest BCUT2D eigenvalue weighted by Crippen LogP contribution is -2.44. The fourth-order valence-corrected chi connectivity index (χ4v) is 1.86. The van der Waals surface area contributed by atoms with Crippen LogP contribution in [-0.2, 0) is 0 Å². The molecular weight excluding hydrogens is 272 g/mol. The third kappa shape index (κ3) is 3.90. The van der Waals surface area contributed by atoms with E-state index >= 15 is 0 Å². The van der Waals surface area contributed by atoms with Gasteiger partial charge >= 0.3 is 0 Å². The molecule has 19 heavy (non-hydrogen) atoms. The molecule has 1 rings (SSSR count). The molecule has 0 spiro atoms. The molecule has 0 aliphatic rings. The first-order chi connectivity index (χ1) is 8.78. The number of nitro groups is 1. The van der Waals surface area contributed by atoms with Crippen molar-refractivity contribution in [3.63, 3.8) is 0 Å². The van der Waals surface area contributed by atoms with Gasteiger partial charge in [0, 0.05) is 18.2 Å². The van der Waals surface area contributed by atoms with Crippen LogP contribution >= 0.6 is 11.6 Å². The molecule has 0 atom stereocenters. The van der Waals surface area contributed by atoms with E-state index in [1.807, 2.05) is 0 Å². The molecule has 1 aromatic carbocycles. The zero-order valence-corrected chi connectivity index (χ0v) is 11.4. The number of carbonyl (C=O) groups is 1. The van der Waals surface area contributed by atoms with Gasteiger partial charge in [-0.25, -0.2) is 0 Å². The Morgan fingerprint density at radius 1 is 1.53 bits per heavy atom. The molecule has 1 amide bonds. The monoisotopic (exact) mass is 286 g/mol. The summed E-state index contributed by atoms with van der Waals surface area (Å²) in [6, 6.07) is 4.05. The number of benzene rings is 1. The summed E-state index contributed by atoms with van der Waals surface area (Å²) in [7, 11) is 0. The molecule has 0 bridgehead atoms. The summed E-state index contributed by atoms with van der Waals surface area (Å²) in [5.74, 6) is -0.629. The molecule has 0 radical (unpaired) electrons. The maximum Gasteiger partial charge on any atom is 0.283 e. The fraction of sp³-hybridized carbons (Fsp3) is 0.417. The van der Waals surface area contributed by atoms with E-state index in [4.69, 9.17) is 16.7 Å². The van der Waals surface area contributed by atoms with E-state index in [1.165, 1.54) is 18.2 Å². The summed E-state index contributed by atoms with van der Waals surface area (Å²) in [5.41, 5.74) is -1.19. The molecule has 0 aliphatic carbocycles. The van der Waals surface area contributed by atoms with Gasteiger partial charge in [-0.15, -0.1) is 0 Å². The fourth-order valence-electron chi connectivity index (χ4n) is 1.60. The number of nitro benzene ring substituents is 1. The van der Waals surface area contributed by atoms with E-state index in [-0.39, 0.29) is 22.9 Å². The number of hydrogen-bond acceptors (Lipinski definition) is 4. The second-order valence-electron chi connectivity index (χ2n) is 4.70. The van der Waals surface area contributed by atoms with Crippen molar-refractivity contribution >= 4 is 23.2 Å². The summed E-state index contributed by atoms with van der Waals surface area (Å²) in [6.45, 7) is 3.32. The number of rotatable bonds is 5. The van der Waals surface area contributed by atoms with Crippen LogP contribution in [0.5, 0.6) is 0 Å². The van der Waals surface area contributed by atoms with Crippen LogP contribution in [0.15, 0.2) is 18.2 Å². The number of halogens is 1. The zero-order chi connectivity index (χ0) is 14.6. The van der Waals surface area contributed by atoms with Crippen LogP contribution in [0, 0.1) is 10.1 Å². The van der Waals surface area contributed by atoms with Crippen molar-refractivity contribution in [2.24, 2.45) is 0 Å². The van der Waals surface area contributed by atoms with Gasteiger partial charge in [-0.1, -0.05) is 17.7 Å². The van der Waals surface area contributed by atoms with E-state index in [2.05, 4.69) is 5.32 Å². The summed E-state index contributed by atoms with van der Waals surface area (Å²) < 4.78 is 0. The number of carbonyl (C=O) groups excluding carboxylic acids is 1. The third-order valence-corrected chi connectivity index (χ3v) is 2.92. The lowest BCUT2D eigenvalue weighted by atomic mass is 10.0. The molecule has 0 unspecified atom stereocenters. The van der Waals surface area contributed by atoms with Gasteiger partial charge in [0.15, 0.2) is 0 Å². The van der Waals surface area contributed by atoms with Crippen molar-refractivity contribution in [2.75, 3.05) is 6.61 Å². The normalized spacial score (nSPS) is 11.2. The van der Waals surface area contributed by atoms with Gasteiger partial charge in [0.05, 0.1) is 9.95 Å². The molecule has 0 aromatic heterocycles. The Labute approximate surface area is 115 Å². The predicted octanol–water partition coefficient (Wildman–Crippen LogP) is 2.14. The van der Waals surface area contributed by atoms with E-state index in [9.17, 15) is 14.9 Å². The number of aliphatic hydroxyl groups excluding tert-OH is 1. The second-order valence-corrected chi connectivity index (χ2v) is 5.11. The van der Waals surface area contributed by atoms with Crippen LogP contribution in [0.25, 0.3) is 0 Å². The van der Waals surface area contributed by atoms with Gasteiger partial charge < -0.3 is 10.4 Å². The Kier molecular flexibility index (Phi) is 4.85. The minimum absolute atomic E-state index is 0.0199. The zero-order valence-electron chi connectivity index (χ0n) is 10.6. The highest BCUT2D eigenvalue weighted by molar-refractivity contribution is 6.34. The van der Waals surface area contributed by atoms with Crippen molar-refractivity contribution in [3.8, 4) is 0 Å². The van der Waals surface area contributed by atoms with Crippen molar-refractivity contribution in [2.45, 2.75) is 25.8 Å². The Balaban J connectivity index is 3.10. The summed E-state index contributed by atoms with van der Waals surface area (Å²) in [5, 5.41) is 22.4. The van der Waals surface area contributed by atoms with Gasteiger partial charge in [-0.05, 0) is 26.3 Å². The van der Waals surface area contributed by atoms with E-state index in [0.717, 1.165) is 0 Å². The highest BCUT2D eigenvalue weighted by Crippen LogP contribution is 2.26. The first-order valence-corrected chi connectivity index (χ1v) is 6.02. The number of amides is 1. The summed E-state index contributed by atoms with van der Waals surface area (Å²) in [6.07, 6.45) is 0.330. The molecule has 7 heteroatoms. The second kappa shape index (κ2) is 5.99. The van der Waals surface area contributed by atoms with Crippen LogP contribution < -0.4 is 5.32 Å². The lowest BCUT2D eigenvalue weighted by molar-refractivity contribution is -0.385. The van der Waals surface area contributed by atoms with Gasteiger partial charge in [0.1, 0.15) is 5.56 Å². The van der Waals surface area contributed by atoms with Gasteiger partial charge in [-0.3, -0.25) is 14.9 Å². The third-order valence-electron chi connectivity index (χ3n) is 2.60. The molecule has 0 heterocycles. The summed E-state index contributed by atoms with van der Waals surface area (Å²) in [4.78, 5) is 22.3. The van der Waals surface area contributed by atoms with Crippen molar-refractivity contribution < 1.29 is 14.8 Å². The molecule has 1 aromatic rings. The van der Waals surface area contributed by atoms with Crippen LogP contribution in [-0.4, -0.2) is 28.1 Å². The highest BCUT2D eigenvalue weighted by atomic mass is 35.5. The summed E-state index contributed by atoms with van der Waals surface area (Å²) >= 11 is 5.86. The quantitative estimate of drug-likeness (QED) is 0.640. The van der Waals surface area contributed by atoms with Crippen LogP contribution in [0.4, 0.5) is 5.69 Å². The van der Waals surface area contributed by atoms with Crippen molar-refractivity contribution in [1.29, 1.82) is 0 Å². The van der Waals surface area contributed by atoms with Gasteiger partial charge in [-0.2, -0.15) is 0 Å². The standard InChI is InChI=1S/C12H15ClN2O4/c1-12(2,6-7-16)14-11(17)10-8(13)4-3-5-9(10)15(18)19/h3-5,16H,6-7H2,1-2H3,(H,14,17). The lowest BCUT2D eigenvalue weighted by Gasteiger charge is -2.25. The average molecular weight is 287 g/mol. The maximum absolute atomic E-state index is 12.1. The van der Waals surface area contributed by atoms with Crippen LogP contribution in [0.3, 0.4) is 0 Å².